The van der Waals surface area contributed by atoms with Gasteiger partial charge in [-0.1, -0.05) is 13.8 Å². The Morgan fingerprint density at radius 2 is 2.07 bits per heavy atom. The van der Waals surface area contributed by atoms with Gasteiger partial charge in [-0.25, -0.2) is 0 Å². The van der Waals surface area contributed by atoms with E-state index in [1.54, 1.807) is 0 Å². The molecule has 0 aliphatic heterocycles. The Bertz CT molecular complexity index is 302. The zero-order valence-corrected chi connectivity index (χ0v) is 10.2. The summed E-state index contributed by atoms with van der Waals surface area (Å²) in [6.45, 7) is 9.11. The molecule has 1 aromatic heterocycles. The van der Waals surface area contributed by atoms with E-state index in [0.717, 1.165) is 13.1 Å². The van der Waals surface area contributed by atoms with Gasteiger partial charge in [0.2, 0.25) is 0 Å². The fourth-order valence-corrected chi connectivity index (χ4v) is 1.98. The molecular formula is C11H22N4. The Kier molecular flexibility index (Phi) is 4.29. The molecule has 1 atom stereocenters. The number of likely N-dealkylation sites (N-methyl/N-ethyl adjacent to an activating group) is 1. The van der Waals surface area contributed by atoms with Gasteiger partial charge in [0.15, 0.2) is 0 Å². The van der Waals surface area contributed by atoms with Crippen LogP contribution >= 0.6 is 0 Å². The van der Waals surface area contributed by atoms with Crippen molar-refractivity contribution < 1.29 is 0 Å². The standard InChI is InChI=1S/C11H22N4/c1-5-15(6-2)11(7-12)10-8-13-14(4)9(10)3/h8,11H,5-7,12H2,1-4H3. The Morgan fingerprint density at radius 1 is 1.47 bits per heavy atom. The van der Waals surface area contributed by atoms with Crippen LogP contribution in [0.1, 0.15) is 31.1 Å². The van der Waals surface area contributed by atoms with Gasteiger partial charge >= 0.3 is 0 Å². The van der Waals surface area contributed by atoms with Gasteiger partial charge in [-0.05, 0) is 20.0 Å². The second-order valence-electron chi connectivity index (χ2n) is 3.78. The Morgan fingerprint density at radius 3 is 2.40 bits per heavy atom. The SMILES string of the molecule is CCN(CC)C(CN)c1cnn(C)c1C. The van der Waals surface area contributed by atoms with Crippen molar-refractivity contribution >= 4 is 0 Å². The molecule has 1 unspecified atom stereocenters. The van der Waals surface area contributed by atoms with E-state index in [4.69, 9.17) is 5.73 Å². The molecule has 4 nitrogen and oxygen atoms in total. The second kappa shape index (κ2) is 5.28. The maximum atomic E-state index is 5.86. The summed E-state index contributed by atoms with van der Waals surface area (Å²) in [5.41, 5.74) is 8.32. The molecule has 1 heterocycles. The smallest absolute Gasteiger partial charge is 0.0540 e. The minimum atomic E-state index is 0.300. The minimum Gasteiger partial charge on any atom is -0.329 e. The fourth-order valence-electron chi connectivity index (χ4n) is 1.98. The first-order valence-corrected chi connectivity index (χ1v) is 5.58. The summed E-state index contributed by atoms with van der Waals surface area (Å²) in [7, 11) is 1.97. The van der Waals surface area contributed by atoms with Crippen LogP contribution in [0.25, 0.3) is 0 Å². The highest BCUT2D eigenvalue weighted by Crippen LogP contribution is 2.21. The van der Waals surface area contributed by atoms with Crippen LogP contribution < -0.4 is 5.73 Å². The van der Waals surface area contributed by atoms with Gasteiger partial charge in [-0.2, -0.15) is 5.10 Å². The largest absolute Gasteiger partial charge is 0.329 e. The number of aryl methyl sites for hydroxylation is 1. The first-order chi connectivity index (χ1) is 7.15. The molecule has 0 aromatic carbocycles. The Hall–Kier alpha value is -0.870. The third-order valence-corrected chi connectivity index (χ3v) is 3.11. The number of nitrogens with two attached hydrogens (primary N) is 1. The van der Waals surface area contributed by atoms with Crippen LogP contribution in [-0.2, 0) is 7.05 Å². The third-order valence-electron chi connectivity index (χ3n) is 3.11. The van der Waals surface area contributed by atoms with Gasteiger partial charge < -0.3 is 5.73 Å². The lowest BCUT2D eigenvalue weighted by atomic mass is 10.1. The van der Waals surface area contributed by atoms with E-state index in [1.807, 2.05) is 17.9 Å². The van der Waals surface area contributed by atoms with Crippen molar-refractivity contribution in [3.05, 3.63) is 17.5 Å². The molecule has 1 rings (SSSR count). The molecule has 4 heteroatoms. The lowest BCUT2D eigenvalue weighted by molar-refractivity contribution is 0.223. The summed E-state index contributed by atoms with van der Waals surface area (Å²) >= 11 is 0. The zero-order valence-electron chi connectivity index (χ0n) is 10.2. The molecule has 0 aliphatic carbocycles. The van der Waals surface area contributed by atoms with Crippen LogP contribution in [0.3, 0.4) is 0 Å². The number of nitrogens with zero attached hydrogens (tertiary/aromatic N) is 3. The lowest BCUT2D eigenvalue weighted by Gasteiger charge is -2.28. The molecule has 1 aromatic rings. The molecule has 0 spiro atoms. The molecule has 0 aliphatic rings. The first-order valence-electron chi connectivity index (χ1n) is 5.58. The average Bonchev–Trinajstić information content (AvgIpc) is 2.57. The van der Waals surface area contributed by atoms with E-state index >= 15 is 0 Å². The van der Waals surface area contributed by atoms with Crippen molar-refractivity contribution in [2.75, 3.05) is 19.6 Å². The lowest BCUT2D eigenvalue weighted by Crippen LogP contribution is -2.33. The van der Waals surface area contributed by atoms with Crippen LogP contribution in [0.2, 0.25) is 0 Å². The summed E-state index contributed by atoms with van der Waals surface area (Å²) in [5.74, 6) is 0. The molecular weight excluding hydrogens is 188 g/mol. The third kappa shape index (κ3) is 2.38. The molecule has 86 valence electrons. The molecule has 2 N–H and O–H groups in total. The van der Waals surface area contributed by atoms with Crippen LogP contribution in [0.15, 0.2) is 6.20 Å². The van der Waals surface area contributed by atoms with Crippen molar-refractivity contribution in [3.8, 4) is 0 Å². The fraction of sp³-hybridized carbons (Fsp3) is 0.727. The van der Waals surface area contributed by atoms with Crippen LogP contribution in [0.5, 0.6) is 0 Å². The van der Waals surface area contributed by atoms with Gasteiger partial charge in [0.05, 0.1) is 12.2 Å². The molecule has 15 heavy (non-hydrogen) atoms. The van der Waals surface area contributed by atoms with Gasteiger partial charge in [-0.3, -0.25) is 9.58 Å². The van der Waals surface area contributed by atoms with Gasteiger partial charge in [0, 0.05) is 24.8 Å². The van der Waals surface area contributed by atoms with E-state index < -0.39 is 0 Å². The van der Waals surface area contributed by atoms with E-state index in [2.05, 4.69) is 30.8 Å². The van der Waals surface area contributed by atoms with Crippen LogP contribution in [0.4, 0.5) is 0 Å². The van der Waals surface area contributed by atoms with Crippen LogP contribution in [0, 0.1) is 6.92 Å². The van der Waals surface area contributed by atoms with E-state index in [-0.39, 0.29) is 0 Å². The summed E-state index contributed by atoms with van der Waals surface area (Å²) in [4.78, 5) is 2.37. The first kappa shape index (κ1) is 12.2. The average molecular weight is 210 g/mol. The van der Waals surface area contributed by atoms with Gasteiger partial charge in [0.1, 0.15) is 0 Å². The highest BCUT2D eigenvalue weighted by molar-refractivity contribution is 5.21. The van der Waals surface area contributed by atoms with Crippen molar-refractivity contribution in [2.45, 2.75) is 26.8 Å². The summed E-state index contributed by atoms with van der Waals surface area (Å²) < 4.78 is 1.90. The monoisotopic (exact) mass is 210 g/mol. The molecule has 0 fully saturated rings. The predicted octanol–water partition coefficient (Wildman–Crippen LogP) is 1.07. The summed E-state index contributed by atoms with van der Waals surface area (Å²) in [5, 5.41) is 4.27. The maximum absolute atomic E-state index is 5.86. The van der Waals surface area contributed by atoms with Gasteiger partial charge in [0.25, 0.3) is 0 Å². The summed E-state index contributed by atoms with van der Waals surface area (Å²) in [6.07, 6.45) is 1.94. The van der Waals surface area contributed by atoms with Gasteiger partial charge in [-0.15, -0.1) is 0 Å². The molecule has 0 saturated carbocycles. The van der Waals surface area contributed by atoms with Crippen molar-refractivity contribution in [1.82, 2.24) is 14.7 Å². The second-order valence-corrected chi connectivity index (χ2v) is 3.78. The van der Waals surface area contributed by atoms with Crippen LogP contribution in [-0.4, -0.2) is 34.3 Å². The van der Waals surface area contributed by atoms with E-state index in [9.17, 15) is 0 Å². The minimum absolute atomic E-state index is 0.300. The van der Waals surface area contributed by atoms with Crippen molar-refractivity contribution in [3.63, 3.8) is 0 Å². The number of aromatic nitrogens is 2. The predicted molar refractivity (Wildman–Crippen MR) is 62.7 cm³/mol. The highest BCUT2D eigenvalue weighted by Gasteiger charge is 2.19. The number of rotatable bonds is 5. The Balaban J connectivity index is 2.96. The van der Waals surface area contributed by atoms with E-state index in [1.165, 1.54) is 11.3 Å². The molecule has 0 saturated heterocycles. The zero-order chi connectivity index (χ0) is 11.4. The Labute approximate surface area is 92.1 Å². The summed E-state index contributed by atoms with van der Waals surface area (Å²) in [6, 6.07) is 0.300. The molecule has 0 radical (unpaired) electrons. The van der Waals surface area contributed by atoms with Crippen molar-refractivity contribution in [1.29, 1.82) is 0 Å². The normalized spacial score (nSPS) is 13.5. The molecule has 0 amide bonds. The van der Waals surface area contributed by atoms with E-state index in [0.29, 0.717) is 12.6 Å². The highest BCUT2D eigenvalue weighted by atomic mass is 15.3. The van der Waals surface area contributed by atoms with Crippen molar-refractivity contribution in [2.24, 2.45) is 12.8 Å². The number of hydrogen-bond donors (Lipinski definition) is 1. The molecule has 0 bridgehead atoms. The topological polar surface area (TPSA) is 47.1 Å². The number of hydrogen-bond acceptors (Lipinski definition) is 3. The quantitative estimate of drug-likeness (QED) is 0.791. The maximum Gasteiger partial charge on any atom is 0.0540 e.